The van der Waals surface area contributed by atoms with Crippen LogP contribution in [0.2, 0.25) is 0 Å². The molecule has 0 unspecified atom stereocenters. The first kappa shape index (κ1) is 12.4. The van der Waals surface area contributed by atoms with Crippen LogP contribution in [0.4, 0.5) is 5.69 Å². The Bertz CT molecular complexity index is 531. The Balaban J connectivity index is 1.80. The average molecular weight is 257 g/mol. The highest BCUT2D eigenvalue weighted by Gasteiger charge is 2.58. The summed E-state index contributed by atoms with van der Waals surface area (Å²) in [6.07, 6.45) is 6.82. The lowest BCUT2D eigenvalue weighted by Crippen LogP contribution is -2.64. The Morgan fingerprint density at radius 1 is 1.53 bits per heavy atom. The van der Waals surface area contributed by atoms with Crippen LogP contribution in [0.25, 0.3) is 0 Å². The summed E-state index contributed by atoms with van der Waals surface area (Å²) in [5.74, 6) is 0. The molecular formula is C15H19N3O. The fourth-order valence-electron chi connectivity index (χ4n) is 3.49. The lowest BCUT2D eigenvalue weighted by molar-refractivity contribution is -0.145. The van der Waals surface area contributed by atoms with E-state index >= 15 is 0 Å². The molecule has 0 radical (unpaired) electrons. The highest BCUT2D eigenvalue weighted by molar-refractivity contribution is 5.58. The molecule has 4 heteroatoms. The maximum absolute atomic E-state index is 9.16. The third kappa shape index (κ3) is 1.81. The minimum absolute atomic E-state index is 0.304. The number of nitriles is 1. The molecule has 4 nitrogen and oxygen atoms in total. The highest BCUT2D eigenvalue weighted by Crippen LogP contribution is 2.58. The summed E-state index contributed by atoms with van der Waals surface area (Å²) in [6, 6.07) is 4.60. The molecule has 0 amide bonds. The minimum Gasteiger partial charge on any atom is -0.381 e. The van der Waals surface area contributed by atoms with E-state index in [1.165, 1.54) is 19.3 Å². The number of ether oxygens (including phenoxy) is 1. The van der Waals surface area contributed by atoms with Gasteiger partial charge in [-0.2, -0.15) is 5.26 Å². The van der Waals surface area contributed by atoms with Crippen LogP contribution in [0.1, 0.15) is 36.9 Å². The molecule has 1 heterocycles. The molecule has 1 aromatic heterocycles. The van der Waals surface area contributed by atoms with Crippen molar-refractivity contribution in [2.24, 2.45) is 5.41 Å². The van der Waals surface area contributed by atoms with E-state index in [1.807, 2.05) is 13.0 Å². The number of aromatic nitrogens is 1. The SMILES string of the molecule is CO[C@@H]1C[C@@H](Nc2cc(C)ncc2C#N)C12CCC2. The summed E-state index contributed by atoms with van der Waals surface area (Å²) in [4.78, 5) is 4.18. The van der Waals surface area contributed by atoms with E-state index in [1.54, 1.807) is 13.3 Å². The minimum atomic E-state index is 0.304. The Morgan fingerprint density at radius 3 is 2.89 bits per heavy atom. The molecule has 0 saturated heterocycles. The number of hydrogen-bond donors (Lipinski definition) is 1. The van der Waals surface area contributed by atoms with Crippen molar-refractivity contribution < 1.29 is 4.74 Å². The zero-order valence-electron chi connectivity index (χ0n) is 11.4. The molecule has 3 rings (SSSR count). The van der Waals surface area contributed by atoms with E-state index in [9.17, 15) is 0 Å². The maximum Gasteiger partial charge on any atom is 0.103 e. The van der Waals surface area contributed by atoms with Crippen molar-refractivity contribution in [1.29, 1.82) is 5.26 Å². The maximum atomic E-state index is 9.16. The van der Waals surface area contributed by atoms with Gasteiger partial charge < -0.3 is 10.1 Å². The first-order chi connectivity index (χ1) is 9.19. The van der Waals surface area contributed by atoms with Gasteiger partial charge in [-0.25, -0.2) is 0 Å². The second kappa shape index (κ2) is 4.50. The van der Waals surface area contributed by atoms with Gasteiger partial charge in [0.05, 0.1) is 17.4 Å². The monoisotopic (exact) mass is 257 g/mol. The van der Waals surface area contributed by atoms with Crippen molar-refractivity contribution in [3.8, 4) is 6.07 Å². The molecule has 0 aromatic carbocycles. The molecule has 1 aromatic rings. The Morgan fingerprint density at radius 2 is 2.32 bits per heavy atom. The summed E-state index contributed by atoms with van der Waals surface area (Å²) in [5, 5.41) is 12.7. The molecule has 1 spiro atoms. The molecular weight excluding hydrogens is 238 g/mol. The van der Waals surface area contributed by atoms with E-state index in [0.29, 0.717) is 23.1 Å². The van der Waals surface area contributed by atoms with E-state index in [4.69, 9.17) is 10.00 Å². The van der Waals surface area contributed by atoms with Crippen molar-refractivity contribution >= 4 is 5.69 Å². The van der Waals surface area contributed by atoms with Crippen LogP contribution in [0.3, 0.4) is 0 Å². The first-order valence-electron chi connectivity index (χ1n) is 6.86. The number of nitrogens with one attached hydrogen (secondary N) is 1. The fourth-order valence-corrected chi connectivity index (χ4v) is 3.49. The third-order valence-electron chi connectivity index (χ3n) is 4.84. The number of rotatable bonds is 3. The molecule has 1 N–H and O–H groups in total. The molecule has 2 atom stereocenters. The topological polar surface area (TPSA) is 57.9 Å². The predicted molar refractivity (Wildman–Crippen MR) is 72.8 cm³/mol. The van der Waals surface area contributed by atoms with Crippen LogP contribution in [0.5, 0.6) is 0 Å². The van der Waals surface area contributed by atoms with Gasteiger partial charge in [-0.05, 0) is 32.3 Å². The lowest BCUT2D eigenvalue weighted by Gasteiger charge is -2.61. The zero-order chi connectivity index (χ0) is 13.5. The number of nitrogens with zero attached hydrogens (tertiary/aromatic N) is 2. The highest BCUT2D eigenvalue weighted by atomic mass is 16.5. The average Bonchev–Trinajstić information content (AvgIpc) is 2.32. The second-order valence-corrected chi connectivity index (χ2v) is 5.73. The molecule has 2 saturated carbocycles. The van der Waals surface area contributed by atoms with Crippen LogP contribution < -0.4 is 5.32 Å². The van der Waals surface area contributed by atoms with Crippen LogP contribution in [-0.4, -0.2) is 24.2 Å². The van der Waals surface area contributed by atoms with Gasteiger partial charge in [0.15, 0.2) is 0 Å². The van der Waals surface area contributed by atoms with Gasteiger partial charge in [0.2, 0.25) is 0 Å². The molecule has 100 valence electrons. The number of methoxy groups -OCH3 is 1. The predicted octanol–water partition coefficient (Wildman–Crippen LogP) is 2.63. The Labute approximate surface area is 113 Å². The molecule has 0 aliphatic heterocycles. The normalized spacial score (nSPS) is 27.2. The van der Waals surface area contributed by atoms with E-state index in [-0.39, 0.29) is 0 Å². The Hall–Kier alpha value is -1.60. The fraction of sp³-hybridized carbons (Fsp3) is 0.600. The van der Waals surface area contributed by atoms with Crippen LogP contribution in [-0.2, 0) is 4.74 Å². The van der Waals surface area contributed by atoms with Crippen molar-refractivity contribution in [2.75, 3.05) is 12.4 Å². The largest absolute Gasteiger partial charge is 0.381 e. The summed E-state index contributed by atoms with van der Waals surface area (Å²) >= 11 is 0. The van der Waals surface area contributed by atoms with Gasteiger partial charge in [-0.3, -0.25) is 4.98 Å². The number of pyridine rings is 1. The molecule has 2 aliphatic carbocycles. The van der Waals surface area contributed by atoms with E-state index < -0.39 is 0 Å². The lowest BCUT2D eigenvalue weighted by atomic mass is 9.51. The van der Waals surface area contributed by atoms with Gasteiger partial charge >= 0.3 is 0 Å². The van der Waals surface area contributed by atoms with Gasteiger partial charge in [0.1, 0.15) is 6.07 Å². The summed E-state index contributed by atoms with van der Waals surface area (Å²) in [6.45, 7) is 1.95. The zero-order valence-corrected chi connectivity index (χ0v) is 11.4. The summed E-state index contributed by atoms with van der Waals surface area (Å²) < 4.78 is 5.57. The number of anilines is 1. The summed E-state index contributed by atoms with van der Waals surface area (Å²) in [5.41, 5.74) is 2.78. The molecule has 0 bridgehead atoms. The molecule has 2 fully saturated rings. The van der Waals surface area contributed by atoms with Gasteiger partial charge in [-0.15, -0.1) is 0 Å². The van der Waals surface area contributed by atoms with E-state index in [2.05, 4.69) is 16.4 Å². The smallest absolute Gasteiger partial charge is 0.103 e. The van der Waals surface area contributed by atoms with Crippen LogP contribution in [0, 0.1) is 23.7 Å². The molecule has 19 heavy (non-hydrogen) atoms. The number of hydrogen-bond acceptors (Lipinski definition) is 4. The first-order valence-corrected chi connectivity index (χ1v) is 6.86. The van der Waals surface area contributed by atoms with Crippen molar-refractivity contribution in [3.63, 3.8) is 0 Å². The van der Waals surface area contributed by atoms with Gasteiger partial charge in [0.25, 0.3) is 0 Å². The van der Waals surface area contributed by atoms with Crippen molar-refractivity contribution in [3.05, 3.63) is 23.5 Å². The second-order valence-electron chi connectivity index (χ2n) is 5.73. The quantitative estimate of drug-likeness (QED) is 0.904. The van der Waals surface area contributed by atoms with E-state index in [0.717, 1.165) is 17.8 Å². The third-order valence-corrected chi connectivity index (χ3v) is 4.84. The number of aryl methyl sites for hydroxylation is 1. The Kier molecular flexibility index (Phi) is 2.94. The van der Waals surface area contributed by atoms with Gasteiger partial charge in [-0.1, -0.05) is 6.42 Å². The van der Waals surface area contributed by atoms with Crippen molar-refractivity contribution in [2.45, 2.75) is 44.8 Å². The van der Waals surface area contributed by atoms with Crippen LogP contribution >= 0.6 is 0 Å². The van der Waals surface area contributed by atoms with Crippen LogP contribution in [0.15, 0.2) is 12.3 Å². The van der Waals surface area contributed by atoms with Crippen molar-refractivity contribution in [1.82, 2.24) is 4.98 Å². The summed E-state index contributed by atoms with van der Waals surface area (Å²) in [7, 11) is 1.80. The standard InChI is InChI=1S/C15H19N3O/c1-10-6-12(11(8-16)9-17-10)18-13-7-14(19-2)15(13)4-3-5-15/h6,9,13-14H,3-5,7H2,1-2H3,(H,17,18)/t13-,14-/m1/s1. The van der Waals surface area contributed by atoms with Gasteiger partial charge in [0, 0.05) is 30.5 Å². The molecule has 2 aliphatic rings.